The summed E-state index contributed by atoms with van der Waals surface area (Å²) in [6, 6.07) is 8.01. The third-order valence-corrected chi connectivity index (χ3v) is 3.33. The minimum absolute atomic E-state index is 0.221. The summed E-state index contributed by atoms with van der Waals surface area (Å²) in [6.07, 6.45) is 1.79. The van der Waals surface area contributed by atoms with Crippen molar-refractivity contribution in [1.29, 1.82) is 0 Å². The molecule has 0 aliphatic heterocycles. The molecule has 0 spiro atoms. The minimum Gasteiger partial charge on any atom is -0.345 e. The highest BCUT2D eigenvalue weighted by atomic mass is 79.9. The summed E-state index contributed by atoms with van der Waals surface area (Å²) < 4.78 is 16.3. The molecule has 1 aromatic carbocycles. The Kier molecular flexibility index (Phi) is 4.04. The molecule has 0 fully saturated rings. The molecule has 1 aromatic heterocycles. The number of carbonyl (C=O) groups excluding carboxylic acids is 1. The molecular formula is C14H14BrFN2O. The summed E-state index contributed by atoms with van der Waals surface area (Å²) >= 11 is 3.33. The number of hydrogen-bond donors (Lipinski definition) is 0. The molecule has 3 nitrogen and oxygen atoms in total. The SMILES string of the molecule is CCN(C(=O)c1cc(Br)cn1C)c1ccccc1F. The van der Waals surface area contributed by atoms with E-state index in [0.29, 0.717) is 17.9 Å². The molecule has 2 aromatic rings. The molecule has 5 heteroatoms. The second kappa shape index (κ2) is 5.57. The highest BCUT2D eigenvalue weighted by Gasteiger charge is 2.21. The Morgan fingerprint density at radius 1 is 1.42 bits per heavy atom. The Bertz CT molecular complexity index is 609. The average Bonchev–Trinajstić information content (AvgIpc) is 2.71. The van der Waals surface area contributed by atoms with Crippen LogP contribution in [0, 0.1) is 5.82 Å². The van der Waals surface area contributed by atoms with Gasteiger partial charge in [0.25, 0.3) is 5.91 Å². The van der Waals surface area contributed by atoms with Gasteiger partial charge in [-0.1, -0.05) is 12.1 Å². The molecule has 0 unspecified atom stereocenters. The lowest BCUT2D eigenvalue weighted by Crippen LogP contribution is -2.32. The summed E-state index contributed by atoms with van der Waals surface area (Å²) in [4.78, 5) is 13.9. The molecule has 0 aliphatic carbocycles. The van der Waals surface area contributed by atoms with Crippen LogP contribution in [0.4, 0.5) is 10.1 Å². The van der Waals surface area contributed by atoms with E-state index in [0.717, 1.165) is 4.47 Å². The van der Waals surface area contributed by atoms with E-state index in [1.54, 1.807) is 42.1 Å². The fraction of sp³-hybridized carbons (Fsp3) is 0.214. The van der Waals surface area contributed by atoms with Crippen LogP contribution < -0.4 is 4.90 Å². The monoisotopic (exact) mass is 324 g/mol. The molecule has 2 rings (SSSR count). The molecule has 0 radical (unpaired) electrons. The van der Waals surface area contributed by atoms with Gasteiger partial charge in [-0.15, -0.1) is 0 Å². The van der Waals surface area contributed by atoms with Gasteiger partial charge < -0.3 is 9.47 Å². The topological polar surface area (TPSA) is 25.2 Å². The number of aryl methyl sites for hydroxylation is 1. The van der Waals surface area contributed by atoms with Crippen molar-refractivity contribution in [3.8, 4) is 0 Å². The van der Waals surface area contributed by atoms with Crippen molar-refractivity contribution < 1.29 is 9.18 Å². The second-order valence-electron chi connectivity index (χ2n) is 4.16. The normalized spacial score (nSPS) is 10.5. The van der Waals surface area contributed by atoms with Crippen LogP contribution in [0.15, 0.2) is 41.0 Å². The molecule has 0 bridgehead atoms. The maximum Gasteiger partial charge on any atom is 0.274 e. The Morgan fingerprint density at radius 3 is 2.63 bits per heavy atom. The maximum absolute atomic E-state index is 13.8. The highest BCUT2D eigenvalue weighted by Crippen LogP contribution is 2.22. The van der Waals surface area contributed by atoms with Crippen molar-refractivity contribution in [3.05, 3.63) is 52.5 Å². The van der Waals surface area contributed by atoms with Gasteiger partial charge in [0.15, 0.2) is 0 Å². The Labute approximate surface area is 119 Å². The summed E-state index contributed by atoms with van der Waals surface area (Å²) in [7, 11) is 1.78. The zero-order chi connectivity index (χ0) is 14.0. The van der Waals surface area contributed by atoms with Crippen LogP contribution in [0.3, 0.4) is 0 Å². The first-order chi connectivity index (χ1) is 9.04. The van der Waals surface area contributed by atoms with Crippen molar-refractivity contribution in [2.24, 2.45) is 7.05 Å². The third kappa shape index (κ3) is 2.71. The summed E-state index contributed by atoms with van der Waals surface area (Å²) in [5.41, 5.74) is 0.810. The van der Waals surface area contributed by atoms with Crippen molar-refractivity contribution in [3.63, 3.8) is 0 Å². The first-order valence-corrected chi connectivity index (χ1v) is 6.72. The van der Waals surface area contributed by atoms with E-state index in [2.05, 4.69) is 15.9 Å². The predicted octanol–water partition coefficient (Wildman–Crippen LogP) is 3.59. The lowest BCUT2D eigenvalue weighted by atomic mass is 10.2. The van der Waals surface area contributed by atoms with Crippen LogP contribution in [-0.2, 0) is 7.05 Å². The summed E-state index contributed by atoms with van der Waals surface area (Å²) in [6.45, 7) is 2.23. The molecule has 1 heterocycles. The summed E-state index contributed by atoms with van der Waals surface area (Å²) in [5, 5.41) is 0. The molecule has 19 heavy (non-hydrogen) atoms. The largest absolute Gasteiger partial charge is 0.345 e. The Balaban J connectivity index is 2.41. The number of rotatable bonds is 3. The van der Waals surface area contributed by atoms with Crippen LogP contribution in [0.2, 0.25) is 0 Å². The van der Waals surface area contributed by atoms with Gasteiger partial charge in [-0.25, -0.2) is 4.39 Å². The number of amides is 1. The van der Waals surface area contributed by atoms with Crippen LogP contribution in [0.5, 0.6) is 0 Å². The molecule has 0 N–H and O–H groups in total. The molecule has 0 saturated heterocycles. The quantitative estimate of drug-likeness (QED) is 0.847. The van der Waals surface area contributed by atoms with Gasteiger partial charge in [-0.3, -0.25) is 4.79 Å². The average molecular weight is 325 g/mol. The lowest BCUT2D eigenvalue weighted by molar-refractivity contribution is 0.0979. The van der Waals surface area contributed by atoms with E-state index in [1.165, 1.54) is 11.0 Å². The molecule has 0 saturated carbocycles. The fourth-order valence-corrected chi connectivity index (χ4v) is 2.49. The van der Waals surface area contributed by atoms with E-state index in [4.69, 9.17) is 0 Å². The van der Waals surface area contributed by atoms with Crippen molar-refractivity contribution in [2.45, 2.75) is 6.92 Å². The van der Waals surface area contributed by atoms with Crippen molar-refractivity contribution in [2.75, 3.05) is 11.4 Å². The van der Waals surface area contributed by atoms with E-state index in [9.17, 15) is 9.18 Å². The molecule has 0 aliphatic rings. The van der Waals surface area contributed by atoms with E-state index in [-0.39, 0.29) is 5.91 Å². The number of nitrogens with zero attached hydrogens (tertiary/aromatic N) is 2. The minimum atomic E-state index is -0.397. The number of benzene rings is 1. The second-order valence-corrected chi connectivity index (χ2v) is 5.07. The smallest absolute Gasteiger partial charge is 0.274 e. The zero-order valence-electron chi connectivity index (χ0n) is 10.7. The predicted molar refractivity (Wildman–Crippen MR) is 76.9 cm³/mol. The number of para-hydroxylation sites is 1. The third-order valence-electron chi connectivity index (χ3n) is 2.90. The van der Waals surface area contributed by atoms with E-state index >= 15 is 0 Å². The van der Waals surface area contributed by atoms with Crippen LogP contribution in [-0.4, -0.2) is 17.0 Å². The van der Waals surface area contributed by atoms with Crippen LogP contribution in [0.1, 0.15) is 17.4 Å². The van der Waals surface area contributed by atoms with Crippen molar-refractivity contribution in [1.82, 2.24) is 4.57 Å². The van der Waals surface area contributed by atoms with Crippen LogP contribution >= 0.6 is 15.9 Å². The van der Waals surface area contributed by atoms with Gasteiger partial charge in [-0.05, 0) is 41.1 Å². The number of carbonyl (C=O) groups is 1. The van der Waals surface area contributed by atoms with Gasteiger partial charge in [0.05, 0.1) is 5.69 Å². The molecule has 1 amide bonds. The van der Waals surface area contributed by atoms with E-state index in [1.807, 2.05) is 6.92 Å². The zero-order valence-corrected chi connectivity index (χ0v) is 12.3. The number of aromatic nitrogens is 1. The first-order valence-electron chi connectivity index (χ1n) is 5.93. The molecule has 0 atom stereocenters. The summed E-state index contributed by atoms with van der Waals surface area (Å²) in [5.74, 6) is -0.619. The Morgan fingerprint density at radius 2 is 2.11 bits per heavy atom. The number of hydrogen-bond acceptors (Lipinski definition) is 1. The maximum atomic E-state index is 13.8. The number of halogens is 2. The van der Waals surface area contributed by atoms with Gasteiger partial charge in [0.2, 0.25) is 0 Å². The first kappa shape index (κ1) is 13.8. The van der Waals surface area contributed by atoms with Gasteiger partial charge in [0.1, 0.15) is 11.5 Å². The molecular weight excluding hydrogens is 311 g/mol. The van der Waals surface area contributed by atoms with Gasteiger partial charge in [-0.2, -0.15) is 0 Å². The van der Waals surface area contributed by atoms with Gasteiger partial charge in [0, 0.05) is 24.3 Å². The van der Waals surface area contributed by atoms with Gasteiger partial charge >= 0.3 is 0 Å². The Hall–Kier alpha value is -1.62. The van der Waals surface area contributed by atoms with Crippen molar-refractivity contribution >= 4 is 27.5 Å². The standard InChI is InChI=1S/C14H14BrFN2O/c1-3-18(12-7-5-4-6-11(12)16)14(19)13-8-10(15)9-17(13)2/h4-9H,3H2,1-2H3. The number of anilines is 1. The van der Waals surface area contributed by atoms with E-state index < -0.39 is 5.82 Å². The lowest BCUT2D eigenvalue weighted by Gasteiger charge is -2.21. The highest BCUT2D eigenvalue weighted by molar-refractivity contribution is 9.10. The molecule has 100 valence electrons. The fourth-order valence-electron chi connectivity index (χ4n) is 1.97. The van der Waals surface area contributed by atoms with Crippen LogP contribution in [0.25, 0.3) is 0 Å².